The lowest BCUT2D eigenvalue weighted by Gasteiger charge is -2.10. The minimum Gasteiger partial charge on any atom is -0.478 e. The third-order valence-electron chi connectivity index (χ3n) is 3.07. The standard InChI is InChI=1S/C14H15NO4S2/c1-8-4-9(2)12(5-11(8)14(16)17)21(18,19)7-13-15-10(3)6-20-13/h4-6H,7H2,1-3H3,(H,16,17). The number of sulfone groups is 1. The lowest BCUT2D eigenvalue weighted by molar-refractivity contribution is 0.0696. The average Bonchev–Trinajstić information content (AvgIpc) is 2.72. The number of hydrogen-bond donors (Lipinski definition) is 1. The second-order valence-corrected chi connectivity index (χ2v) is 7.78. The molecule has 1 heterocycles. The van der Waals surface area contributed by atoms with Gasteiger partial charge in [-0.3, -0.25) is 0 Å². The summed E-state index contributed by atoms with van der Waals surface area (Å²) >= 11 is 1.28. The predicted octanol–water partition coefficient (Wildman–Crippen LogP) is 2.74. The molecule has 7 heteroatoms. The van der Waals surface area contributed by atoms with Crippen LogP contribution in [0.5, 0.6) is 0 Å². The number of nitrogens with zero attached hydrogens (tertiary/aromatic N) is 1. The van der Waals surface area contributed by atoms with E-state index in [-0.39, 0.29) is 16.2 Å². The molecule has 0 radical (unpaired) electrons. The van der Waals surface area contributed by atoms with Crippen molar-refractivity contribution in [2.24, 2.45) is 0 Å². The Morgan fingerprint density at radius 1 is 1.24 bits per heavy atom. The monoisotopic (exact) mass is 325 g/mol. The van der Waals surface area contributed by atoms with Gasteiger partial charge < -0.3 is 5.11 Å². The van der Waals surface area contributed by atoms with Crippen LogP contribution in [0.4, 0.5) is 0 Å². The first kappa shape index (κ1) is 15.7. The molecule has 0 amide bonds. The van der Waals surface area contributed by atoms with Gasteiger partial charge in [0.25, 0.3) is 0 Å². The molecule has 0 fully saturated rings. The van der Waals surface area contributed by atoms with E-state index >= 15 is 0 Å². The van der Waals surface area contributed by atoms with Crippen LogP contribution in [0.25, 0.3) is 0 Å². The summed E-state index contributed by atoms with van der Waals surface area (Å²) in [7, 11) is -3.62. The van der Waals surface area contributed by atoms with Gasteiger partial charge in [0.15, 0.2) is 9.84 Å². The molecule has 0 saturated carbocycles. The Morgan fingerprint density at radius 3 is 2.43 bits per heavy atom. The van der Waals surface area contributed by atoms with Gasteiger partial charge in [-0.2, -0.15) is 0 Å². The number of carbonyl (C=O) groups is 1. The molecule has 0 spiro atoms. The molecular formula is C14H15NO4S2. The smallest absolute Gasteiger partial charge is 0.335 e. The van der Waals surface area contributed by atoms with Gasteiger partial charge >= 0.3 is 5.97 Å². The summed E-state index contributed by atoms with van der Waals surface area (Å²) < 4.78 is 25.0. The number of rotatable bonds is 4. The maximum atomic E-state index is 12.5. The van der Waals surface area contributed by atoms with Gasteiger partial charge in [-0.25, -0.2) is 18.2 Å². The first-order chi connectivity index (χ1) is 9.70. The predicted molar refractivity (Wildman–Crippen MR) is 80.6 cm³/mol. The van der Waals surface area contributed by atoms with Crippen LogP contribution in [0, 0.1) is 20.8 Å². The number of aromatic carboxylic acids is 1. The topological polar surface area (TPSA) is 84.3 Å². The Balaban J connectivity index is 2.49. The number of carboxylic acid groups (broad SMARTS) is 1. The van der Waals surface area contributed by atoms with Crippen molar-refractivity contribution in [3.63, 3.8) is 0 Å². The van der Waals surface area contributed by atoms with Crippen molar-refractivity contribution >= 4 is 27.1 Å². The van der Waals surface area contributed by atoms with Crippen molar-refractivity contribution in [1.29, 1.82) is 0 Å². The average molecular weight is 325 g/mol. The molecule has 2 aromatic rings. The Labute approximate surface area is 127 Å². The molecular weight excluding hydrogens is 310 g/mol. The summed E-state index contributed by atoms with van der Waals surface area (Å²) in [5, 5.41) is 11.4. The van der Waals surface area contributed by atoms with Crippen molar-refractivity contribution in [3.8, 4) is 0 Å². The molecule has 1 aromatic carbocycles. The van der Waals surface area contributed by atoms with Gasteiger partial charge in [-0.05, 0) is 38.0 Å². The van der Waals surface area contributed by atoms with Gasteiger partial charge in [0.2, 0.25) is 0 Å². The number of thiazole rings is 1. The highest BCUT2D eigenvalue weighted by Crippen LogP contribution is 2.25. The normalized spacial score (nSPS) is 11.6. The summed E-state index contributed by atoms with van der Waals surface area (Å²) in [6.45, 7) is 5.11. The zero-order chi connectivity index (χ0) is 15.8. The first-order valence-corrected chi connectivity index (χ1v) is 8.72. The van der Waals surface area contributed by atoms with Crippen LogP contribution in [0.2, 0.25) is 0 Å². The molecule has 0 bridgehead atoms. The van der Waals surface area contributed by atoms with Crippen molar-refractivity contribution in [2.75, 3.05) is 0 Å². The maximum Gasteiger partial charge on any atom is 0.335 e. The molecule has 21 heavy (non-hydrogen) atoms. The van der Waals surface area contributed by atoms with E-state index in [0.717, 1.165) is 5.69 Å². The number of aryl methyl sites for hydroxylation is 3. The van der Waals surface area contributed by atoms with Crippen LogP contribution in [-0.4, -0.2) is 24.5 Å². The van der Waals surface area contributed by atoms with Crippen LogP contribution < -0.4 is 0 Å². The van der Waals surface area contributed by atoms with Crippen molar-refractivity contribution in [1.82, 2.24) is 4.98 Å². The Bertz CT molecular complexity index is 806. The largest absolute Gasteiger partial charge is 0.478 e. The quantitative estimate of drug-likeness (QED) is 0.934. The van der Waals surface area contributed by atoms with E-state index in [0.29, 0.717) is 16.1 Å². The van der Waals surface area contributed by atoms with Gasteiger partial charge in [-0.15, -0.1) is 11.3 Å². The first-order valence-electron chi connectivity index (χ1n) is 6.19. The fourth-order valence-corrected chi connectivity index (χ4v) is 4.79. The van der Waals surface area contributed by atoms with Gasteiger partial charge in [0.1, 0.15) is 10.8 Å². The van der Waals surface area contributed by atoms with E-state index in [4.69, 9.17) is 5.11 Å². The van der Waals surface area contributed by atoms with E-state index in [1.165, 1.54) is 17.4 Å². The maximum absolute atomic E-state index is 12.5. The summed E-state index contributed by atoms with van der Waals surface area (Å²) in [5.41, 5.74) is 1.88. The summed E-state index contributed by atoms with van der Waals surface area (Å²) in [5.74, 6) is -1.34. The highest BCUT2D eigenvalue weighted by Gasteiger charge is 2.22. The van der Waals surface area contributed by atoms with Crippen LogP contribution >= 0.6 is 11.3 Å². The van der Waals surface area contributed by atoms with Crippen LogP contribution in [-0.2, 0) is 15.6 Å². The summed E-state index contributed by atoms with van der Waals surface area (Å²) in [4.78, 5) is 15.4. The lowest BCUT2D eigenvalue weighted by Crippen LogP contribution is -2.10. The molecule has 0 unspecified atom stereocenters. The molecule has 0 atom stereocenters. The molecule has 2 rings (SSSR count). The fourth-order valence-electron chi connectivity index (χ4n) is 2.11. The van der Waals surface area contributed by atoms with E-state index in [2.05, 4.69) is 4.98 Å². The highest BCUT2D eigenvalue weighted by atomic mass is 32.2. The zero-order valence-electron chi connectivity index (χ0n) is 11.9. The summed E-state index contributed by atoms with van der Waals surface area (Å²) in [6, 6.07) is 2.83. The molecule has 0 aliphatic heterocycles. The minimum atomic E-state index is -3.62. The third kappa shape index (κ3) is 3.30. The SMILES string of the molecule is Cc1csc(CS(=O)(=O)c2cc(C(=O)O)c(C)cc2C)n1. The Kier molecular flexibility index (Phi) is 4.15. The number of aromatic nitrogens is 1. The van der Waals surface area contributed by atoms with Crippen molar-refractivity contribution in [2.45, 2.75) is 31.4 Å². The zero-order valence-corrected chi connectivity index (χ0v) is 13.5. The molecule has 5 nitrogen and oxygen atoms in total. The molecule has 0 aliphatic carbocycles. The number of hydrogen-bond acceptors (Lipinski definition) is 5. The Morgan fingerprint density at radius 2 is 1.90 bits per heavy atom. The van der Waals surface area contributed by atoms with Crippen LogP contribution in [0.15, 0.2) is 22.4 Å². The Hall–Kier alpha value is -1.73. The minimum absolute atomic E-state index is 0.00879. The highest BCUT2D eigenvalue weighted by molar-refractivity contribution is 7.90. The van der Waals surface area contributed by atoms with E-state index in [1.807, 2.05) is 0 Å². The van der Waals surface area contributed by atoms with Crippen molar-refractivity contribution in [3.05, 3.63) is 44.9 Å². The molecule has 0 saturated heterocycles. The number of benzene rings is 1. The molecule has 0 aliphatic rings. The molecule has 1 aromatic heterocycles. The second kappa shape index (κ2) is 5.57. The van der Waals surface area contributed by atoms with Crippen LogP contribution in [0.3, 0.4) is 0 Å². The lowest BCUT2D eigenvalue weighted by atomic mass is 10.1. The van der Waals surface area contributed by atoms with E-state index in [9.17, 15) is 13.2 Å². The summed E-state index contributed by atoms with van der Waals surface area (Å²) in [6.07, 6.45) is 0. The molecule has 1 N–H and O–H groups in total. The van der Waals surface area contributed by atoms with Gasteiger partial charge in [-0.1, -0.05) is 6.07 Å². The number of carboxylic acids is 1. The second-order valence-electron chi connectivity index (χ2n) is 4.88. The van der Waals surface area contributed by atoms with E-state index in [1.54, 1.807) is 32.2 Å². The molecule has 112 valence electrons. The third-order valence-corrected chi connectivity index (χ3v) is 5.98. The van der Waals surface area contributed by atoms with Gasteiger partial charge in [0.05, 0.1) is 10.5 Å². The van der Waals surface area contributed by atoms with Crippen molar-refractivity contribution < 1.29 is 18.3 Å². The van der Waals surface area contributed by atoms with Gasteiger partial charge in [0, 0.05) is 11.1 Å². The van der Waals surface area contributed by atoms with E-state index < -0.39 is 15.8 Å². The fraction of sp³-hybridized carbons (Fsp3) is 0.286. The van der Waals surface area contributed by atoms with Crippen LogP contribution in [0.1, 0.15) is 32.2 Å².